The number of benzene rings is 2. The number of halogens is 2. The molecule has 3 heteroatoms. The van der Waals surface area contributed by atoms with Crippen LogP contribution in [0.5, 0.6) is 0 Å². The van der Waals surface area contributed by atoms with Gasteiger partial charge in [0.1, 0.15) is 11.6 Å². The van der Waals surface area contributed by atoms with Crippen molar-refractivity contribution in [1.82, 2.24) is 5.32 Å². The molecule has 0 aliphatic carbocycles. The summed E-state index contributed by atoms with van der Waals surface area (Å²) in [7, 11) is 0. The Kier molecular flexibility index (Phi) is 4.50. The minimum atomic E-state index is -0.538. The minimum absolute atomic E-state index is 0.0346. The Morgan fingerprint density at radius 1 is 0.950 bits per heavy atom. The van der Waals surface area contributed by atoms with Crippen molar-refractivity contribution < 1.29 is 8.78 Å². The van der Waals surface area contributed by atoms with Crippen molar-refractivity contribution in [1.29, 1.82) is 0 Å². The lowest BCUT2D eigenvalue weighted by Crippen LogP contribution is -2.32. The Morgan fingerprint density at radius 2 is 1.55 bits per heavy atom. The average molecular weight is 275 g/mol. The maximum atomic E-state index is 13.1. The van der Waals surface area contributed by atoms with E-state index in [1.165, 1.54) is 17.7 Å². The SMILES string of the molecule is CC(C)(CNCc1cc(F)cc(F)c1)c1ccccc1. The highest BCUT2D eigenvalue weighted by Gasteiger charge is 2.19. The molecule has 0 saturated heterocycles. The van der Waals surface area contributed by atoms with Crippen LogP contribution in [0.3, 0.4) is 0 Å². The van der Waals surface area contributed by atoms with Crippen LogP contribution >= 0.6 is 0 Å². The van der Waals surface area contributed by atoms with Gasteiger partial charge in [-0.05, 0) is 23.3 Å². The first kappa shape index (κ1) is 14.7. The summed E-state index contributed by atoms with van der Waals surface area (Å²) in [6.45, 7) is 5.46. The maximum Gasteiger partial charge on any atom is 0.126 e. The molecular formula is C17H19F2N. The van der Waals surface area contributed by atoms with Gasteiger partial charge in [0, 0.05) is 24.6 Å². The van der Waals surface area contributed by atoms with Gasteiger partial charge in [-0.1, -0.05) is 44.2 Å². The topological polar surface area (TPSA) is 12.0 Å². The van der Waals surface area contributed by atoms with Crippen LogP contribution in [-0.4, -0.2) is 6.54 Å². The molecule has 0 atom stereocenters. The molecule has 20 heavy (non-hydrogen) atoms. The molecule has 0 aromatic heterocycles. The van der Waals surface area contributed by atoms with E-state index in [1.807, 2.05) is 18.2 Å². The number of hydrogen-bond acceptors (Lipinski definition) is 1. The summed E-state index contributed by atoms with van der Waals surface area (Å²) < 4.78 is 26.2. The van der Waals surface area contributed by atoms with Crippen LogP contribution in [0, 0.1) is 11.6 Å². The van der Waals surface area contributed by atoms with Crippen molar-refractivity contribution in [2.75, 3.05) is 6.54 Å². The molecule has 0 spiro atoms. The molecule has 2 aromatic carbocycles. The van der Waals surface area contributed by atoms with Gasteiger partial charge in [-0.15, -0.1) is 0 Å². The molecule has 0 amide bonds. The van der Waals surface area contributed by atoms with Crippen LogP contribution in [-0.2, 0) is 12.0 Å². The zero-order chi connectivity index (χ0) is 14.6. The standard InChI is InChI=1S/C17H19F2N/c1-17(2,14-6-4-3-5-7-14)12-20-11-13-8-15(18)10-16(19)9-13/h3-10,20H,11-12H2,1-2H3. The molecule has 1 nitrogen and oxygen atoms in total. The van der Waals surface area contributed by atoms with Gasteiger partial charge in [-0.2, -0.15) is 0 Å². The molecule has 2 rings (SSSR count). The highest BCUT2D eigenvalue weighted by atomic mass is 19.1. The molecule has 0 fully saturated rings. The lowest BCUT2D eigenvalue weighted by atomic mass is 9.84. The molecule has 1 N–H and O–H groups in total. The summed E-state index contributed by atoms with van der Waals surface area (Å²) in [6.07, 6.45) is 0. The largest absolute Gasteiger partial charge is 0.312 e. The van der Waals surface area contributed by atoms with E-state index in [1.54, 1.807) is 0 Å². The van der Waals surface area contributed by atoms with Crippen molar-refractivity contribution in [3.63, 3.8) is 0 Å². The molecule has 0 radical (unpaired) electrons. The lowest BCUT2D eigenvalue weighted by molar-refractivity contribution is 0.467. The van der Waals surface area contributed by atoms with Crippen molar-refractivity contribution in [3.8, 4) is 0 Å². The van der Waals surface area contributed by atoms with Crippen LogP contribution < -0.4 is 5.32 Å². The van der Waals surface area contributed by atoms with E-state index < -0.39 is 11.6 Å². The zero-order valence-corrected chi connectivity index (χ0v) is 11.8. The van der Waals surface area contributed by atoms with E-state index in [2.05, 4.69) is 31.3 Å². The van der Waals surface area contributed by atoms with Crippen LogP contribution in [0.15, 0.2) is 48.5 Å². The van der Waals surface area contributed by atoms with E-state index >= 15 is 0 Å². The third-order valence-corrected chi connectivity index (χ3v) is 3.37. The first-order valence-electron chi connectivity index (χ1n) is 6.68. The molecular weight excluding hydrogens is 256 g/mol. The van der Waals surface area contributed by atoms with Crippen LogP contribution in [0.25, 0.3) is 0 Å². The van der Waals surface area contributed by atoms with Crippen molar-refractivity contribution in [2.24, 2.45) is 0 Å². The average Bonchev–Trinajstić information content (AvgIpc) is 2.38. The Morgan fingerprint density at radius 3 is 2.15 bits per heavy atom. The summed E-state index contributed by atoms with van der Waals surface area (Å²) in [5.41, 5.74) is 1.82. The fourth-order valence-electron chi connectivity index (χ4n) is 2.22. The van der Waals surface area contributed by atoms with E-state index in [0.717, 1.165) is 12.6 Å². The zero-order valence-electron chi connectivity index (χ0n) is 11.8. The van der Waals surface area contributed by atoms with Crippen molar-refractivity contribution in [3.05, 3.63) is 71.3 Å². The molecule has 106 valence electrons. The van der Waals surface area contributed by atoms with Gasteiger partial charge in [0.2, 0.25) is 0 Å². The fourth-order valence-corrected chi connectivity index (χ4v) is 2.22. The molecule has 0 saturated carbocycles. The second-order valence-corrected chi connectivity index (χ2v) is 5.63. The van der Waals surface area contributed by atoms with Gasteiger partial charge in [-0.25, -0.2) is 8.78 Å². The maximum absolute atomic E-state index is 13.1. The normalized spacial score (nSPS) is 11.6. The molecule has 0 aliphatic heterocycles. The molecule has 0 unspecified atom stereocenters. The number of rotatable bonds is 5. The summed E-state index contributed by atoms with van der Waals surface area (Å²) in [5, 5.41) is 3.26. The van der Waals surface area contributed by atoms with E-state index in [-0.39, 0.29) is 5.41 Å². The molecule has 0 bridgehead atoms. The monoisotopic (exact) mass is 275 g/mol. The number of hydrogen-bond donors (Lipinski definition) is 1. The third-order valence-electron chi connectivity index (χ3n) is 3.37. The second-order valence-electron chi connectivity index (χ2n) is 5.63. The molecule has 0 aliphatic rings. The van der Waals surface area contributed by atoms with Gasteiger partial charge in [0.05, 0.1) is 0 Å². The van der Waals surface area contributed by atoms with Crippen molar-refractivity contribution >= 4 is 0 Å². The predicted octanol–water partition coefficient (Wildman–Crippen LogP) is 4.03. The lowest BCUT2D eigenvalue weighted by Gasteiger charge is -2.25. The first-order chi connectivity index (χ1) is 9.47. The van der Waals surface area contributed by atoms with Gasteiger partial charge >= 0.3 is 0 Å². The van der Waals surface area contributed by atoms with Crippen LogP contribution in [0.1, 0.15) is 25.0 Å². The van der Waals surface area contributed by atoms with Crippen LogP contribution in [0.4, 0.5) is 8.78 Å². The van der Waals surface area contributed by atoms with Gasteiger partial charge in [0.15, 0.2) is 0 Å². The Labute approximate surface area is 118 Å². The highest BCUT2D eigenvalue weighted by Crippen LogP contribution is 2.21. The smallest absolute Gasteiger partial charge is 0.126 e. The number of nitrogens with one attached hydrogen (secondary N) is 1. The predicted molar refractivity (Wildman–Crippen MR) is 77.5 cm³/mol. The van der Waals surface area contributed by atoms with Crippen LogP contribution in [0.2, 0.25) is 0 Å². The Hall–Kier alpha value is -1.74. The minimum Gasteiger partial charge on any atom is -0.312 e. The molecule has 2 aromatic rings. The summed E-state index contributed by atoms with van der Waals surface area (Å²) >= 11 is 0. The van der Waals surface area contributed by atoms with E-state index in [4.69, 9.17) is 0 Å². The van der Waals surface area contributed by atoms with Gasteiger partial charge in [0.25, 0.3) is 0 Å². The summed E-state index contributed by atoms with van der Waals surface area (Å²) in [5.74, 6) is -1.08. The third kappa shape index (κ3) is 3.87. The quantitative estimate of drug-likeness (QED) is 0.868. The van der Waals surface area contributed by atoms with Gasteiger partial charge < -0.3 is 5.32 Å². The van der Waals surface area contributed by atoms with Crippen molar-refractivity contribution in [2.45, 2.75) is 25.8 Å². The molecule has 0 heterocycles. The van der Waals surface area contributed by atoms with E-state index in [0.29, 0.717) is 12.1 Å². The Bertz CT molecular complexity index is 544. The van der Waals surface area contributed by atoms with Gasteiger partial charge in [-0.3, -0.25) is 0 Å². The van der Waals surface area contributed by atoms with E-state index in [9.17, 15) is 8.78 Å². The Balaban J connectivity index is 1.95. The fraction of sp³-hybridized carbons (Fsp3) is 0.294. The second kappa shape index (κ2) is 6.14. The first-order valence-corrected chi connectivity index (χ1v) is 6.68. The summed E-state index contributed by atoms with van der Waals surface area (Å²) in [4.78, 5) is 0. The summed E-state index contributed by atoms with van der Waals surface area (Å²) in [6, 6.07) is 13.8. The highest BCUT2D eigenvalue weighted by molar-refractivity contribution is 5.24.